The Hall–Kier alpha value is -4.36. The van der Waals surface area contributed by atoms with E-state index in [-0.39, 0.29) is 25.9 Å². The highest BCUT2D eigenvalue weighted by Gasteiger charge is 2.50. The summed E-state index contributed by atoms with van der Waals surface area (Å²) >= 11 is 0. The third-order valence-corrected chi connectivity index (χ3v) is 13.7. The number of allylic oxidation sites excluding steroid dienone is 15. The lowest BCUT2D eigenvalue weighted by molar-refractivity contribution is -0.301. The van der Waals surface area contributed by atoms with Crippen LogP contribution in [-0.2, 0) is 42.9 Å². The van der Waals surface area contributed by atoms with Gasteiger partial charge in [-0.1, -0.05) is 246 Å². The quantitative estimate of drug-likeness (QED) is 0.0228. The molecular formula is C67H110O12. The Labute approximate surface area is 479 Å². The number of carboxylic acid groups (broad SMARTS) is 1. The molecule has 0 aromatic rings. The minimum atomic E-state index is -1.92. The predicted molar refractivity (Wildman–Crippen MR) is 321 cm³/mol. The first-order chi connectivity index (χ1) is 38.6. The zero-order valence-electron chi connectivity index (χ0n) is 49.6. The molecule has 6 unspecified atom stereocenters. The van der Waals surface area contributed by atoms with Crippen molar-refractivity contribution >= 4 is 23.9 Å². The van der Waals surface area contributed by atoms with Gasteiger partial charge in [0.05, 0.1) is 13.0 Å². The van der Waals surface area contributed by atoms with E-state index < -0.39 is 67.3 Å². The summed E-state index contributed by atoms with van der Waals surface area (Å²) in [4.78, 5) is 51.2. The summed E-state index contributed by atoms with van der Waals surface area (Å²) in [5.41, 5.74) is 0. The summed E-state index contributed by atoms with van der Waals surface area (Å²) in [6, 6.07) is 0. The highest BCUT2D eigenvalue weighted by Crippen LogP contribution is 2.26. The van der Waals surface area contributed by atoms with Crippen LogP contribution in [0.5, 0.6) is 0 Å². The largest absolute Gasteiger partial charge is 0.479 e. The van der Waals surface area contributed by atoms with Gasteiger partial charge in [0.15, 0.2) is 24.6 Å². The summed E-state index contributed by atoms with van der Waals surface area (Å²) in [5, 5.41) is 31.5. The summed E-state index contributed by atoms with van der Waals surface area (Å²) in [6.45, 7) is 5.77. The molecule has 0 bridgehead atoms. The number of carbonyl (C=O) groups is 4. The monoisotopic (exact) mass is 1110 g/mol. The van der Waals surface area contributed by atoms with Crippen molar-refractivity contribution in [3.8, 4) is 0 Å². The van der Waals surface area contributed by atoms with Crippen molar-refractivity contribution in [1.82, 2.24) is 0 Å². The van der Waals surface area contributed by atoms with E-state index in [1.165, 1.54) is 89.9 Å². The van der Waals surface area contributed by atoms with Crippen molar-refractivity contribution in [2.45, 2.75) is 289 Å². The third kappa shape index (κ3) is 44.0. The molecular weight excluding hydrogens is 997 g/mol. The molecule has 1 heterocycles. The Morgan fingerprint density at radius 2 is 0.835 bits per heavy atom. The number of hydrogen-bond donors (Lipinski definition) is 3. The lowest BCUT2D eigenvalue weighted by Gasteiger charge is -2.40. The van der Waals surface area contributed by atoms with Crippen LogP contribution in [0.2, 0.25) is 0 Å². The zero-order chi connectivity index (χ0) is 57.5. The van der Waals surface area contributed by atoms with Gasteiger partial charge in [0.1, 0.15) is 18.8 Å². The maximum atomic E-state index is 13.1. The number of hydrogen-bond acceptors (Lipinski definition) is 11. The van der Waals surface area contributed by atoms with Gasteiger partial charge in [0.2, 0.25) is 0 Å². The number of carboxylic acids is 1. The second-order valence-electron chi connectivity index (χ2n) is 21.0. The van der Waals surface area contributed by atoms with E-state index in [1.54, 1.807) is 6.08 Å². The molecule has 3 N–H and O–H groups in total. The van der Waals surface area contributed by atoms with Gasteiger partial charge in [-0.2, -0.15) is 0 Å². The van der Waals surface area contributed by atoms with Gasteiger partial charge in [-0.05, 0) is 83.5 Å². The Kier molecular flexibility index (Phi) is 49.9. The number of unbranched alkanes of at least 4 members (excludes halogenated alkanes) is 23. The SMILES string of the molecule is CC/C=C\C/C=C\C/C=C\C/C=C\C/C=C\CC(=O)OC(COC(=O)CCCCCCCC/C=C\C/C=C\C/C=C\CCCCC)COC1OC(C(=O)O)C(O)C(O)C1OC(=O)CCCCCCCCCCCCCCCCC. The molecule has 450 valence electrons. The number of rotatable bonds is 52. The molecule has 79 heavy (non-hydrogen) atoms. The van der Waals surface area contributed by atoms with Crippen molar-refractivity contribution in [3.63, 3.8) is 0 Å². The van der Waals surface area contributed by atoms with Crippen LogP contribution in [-0.4, -0.2) is 89.2 Å². The third-order valence-electron chi connectivity index (χ3n) is 13.7. The van der Waals surface area contributed by atoms with Crippen LogP contribution in [0.15, 0.2) is 97.2 Å². The van der Waals surface area contributed by atoms with E-state index in [9.17, 15) is 34.5 Å². The summed E-state index contributed by atoms with van der Waals surface area (Å²) < 4.78 is 28.3. The number of esters is 3. The van der Waals surface area contributed by atoms with Crippen LogP contribution in [0.25, 0.3) is 0 Å². The van der Waals surface area contributed by atoms with Crippen LogP contribution in [0.4, 0.5) is 0 Å². The van der Waals surface area contributed by atoms with Crippen LogP contribution in [0, 0.1) is 0 Å². The molecule has 0 aromatic carbocycles. The molecule has 0 aliphatic carbocycles. The molecule has 12 heteroatoms. The smallest absolute Gasteiger partial charge is 0.335 e. The maximum Gasteiger partial charge on any atom is 0.335 e. The van der Waals surface area contributed by atoms with E-state index in [0.29, 0.717) is 19.3 Å². The fourth-order valence-electron chi connectivity index (χ4n) is 8.92. The number of aliphatic carboxylic acids is 1. The number of aliphatic hydroxyl groups excluding tert-OH is 2. The lowest BCUT2D eigenvalue weighted by atomic mass is 9.98. The molecule has 1 aliphatic heterocycles. The van der Waals surface area contributed by atoms with Crippen LogP contribution >= 0.6 is 0 Å². The first-order valence-corrected chi connectivity index (χ1v) is 31.2. The van der Waals surface area contributed by atoms with Crippen molar-refractivity contribution in [2.75, 3.05) is 13.2 Å². The summed E-state index contributed by atoms with van der Waals surface area (Å²) in [6.07, 6.45) is 59.7. The molecule has 1 aliphatic rings. The van der Waals surface area contributed by atoms with E-state index in [4.69, 9.17) is 23.7 Å². The first kappa shape index (κ1) is 72.7. The predicted octanol–water partition coefficient (Wildman–Crippen LogP) is 16.5. The average molecular weight is 1110 g/mol. The number of ether oxygens (including phenoxy) is 5. The molecule has 6 atom stereocenters. The Morgan fingerprint density at radius 1 is 0.443 bits per heavy atom. The van der Waals surface area contributed by atoms with E-state index >= 15 is 0 Å². The van der Waals surface area contributed by atoms with Crippen molar-refractivity contribution < 1.29 is 58.2 Å². The normalized spacial score (nSPS) is 18.5. The molecule has 1 saturated heterocycles. The van der Waals surface area contributed by atoms with Crippen LogP contribution in [0.3, 0.4) is 0 Å². The average Bonchev–Trinajstić information content (AvgIpc) is 3.46. The van der Waals surface area contributed by atoms with Crippen molar-refractivity contribution in [3.05, 3.63) is 97.2 Å². The molecule has 0 spiro atoms. The minimum Gasteiger partial charge on any atom is -0.479 e. The molecule has 0 saturated carbocycles. The van der Waals surface area contributed by atoms with Gasteiger partial charge >= 0.3 is 23.9 Å². The van der Waals surface area contributed by atoms with Gasteiger partial charge in [-0.15, -0.1) is 0 Å². The van der Waals surface area contributed by atoms with Crippen molar-refractivity contribution in [1.29, 1.82) is 0 Å². The molecule has 0 amide bonds. The highest BCUT2D eigenvalue weighted by atomic mass is 16.7. The van der Waals surface area contributed by atoms with E-state index in [1.807, 2.05) is 12.2 Å². The Morgan fingerprint density at radius 3 is 1.30 bits per heavy atom. The molecule has 12 nitrogen and oxygen atoms in total. The van der Waals surface area contributed by atoms with E-state index in [0.717, 1.165) is 103 Å². The standard InChI is InChI=1S/C67H110O12/c1-4-7-10-13-16-19-22-25-28-29-30-31-34-35-38-41-44-47-50-53-59(68)75-56-58(77-60(69)54-51-48-45-42-39-36-32-26-23-20-17-14-11-8-5-2)57-76-67-65(63(72)62(71)64(79-67)66(73)74)78-61(70)55-52-49-46-43-40-37-33-27-24-21-18-15-12-9-6-3/h8,11,16-17,19-20,25-26,28,30-32,39,42,48,51,58,62-65,67,71-72H,4-7,9-10,12-15,18,21-24,27,29,33-38,40-41,43-47,49-50,52-57H2,1-3H3,(H,73,74)/b11-8-,19-16-,20-17-,28-25-,31-30-,32-26-,42-39-,51-48-. The van der Waals surface area contributed by atoms with Crippen LogP contribution in [0.1, 0.15) is 252 Å². The van der Waals surface area contributed by atoms with E-state index in [2.05, 4.69) is 99.8 Å². The lowest BCUT2D eigenvalue weighted by Crippen LogP contribution is -2.61. The van der Waals surface area contributed by atoms with Gasteiger partial charge < -0.3 is 39.0 Å². The second kappa shape index (κ2) is 54.2. The van der Waals surface area contributed by atoms with Gasteiger partial charge in [0.25, 0.3) is 0 Å². The minimum absolute atomic E-state index is 0.0481. The van der Waals surface area contributed by atoms with Crippen LogP contribution < -0.4 is 0 Å². The highest BCUT2D eigenvalue weighted by molar-refractivity contribution is 5.74. The zero-order valence-corrected chi connectivity index (χ0v) is 49.6. The molecule has 0 aromatic heterocycles. The number of aliphatic hydroxyl groups is 2. The fraction of sp³-hybridized carbons (Fsp3) is 0.701. The summed E-state index contributed by atoms with van der Waals surface area (Å²) in [7, 11) is 0. The topological polar surface area (TPSA) is 175 Å². The Bertz CT molecular complexity index is 1740. The second-order valence-corrected chi connectivity index (χ2v) is 21.0. The maximum absolute atomic E-state index is 13.1. The van der Waals surface area contributed by atoms with Gasteiger partial charge in [0, 0.05) is 12.8 Å². The molecule has 1 rings (SSSR count). The molecule has 1 fully saturated rings. The van der Waals surface area contributed by atoms with Gasteiger partial charge in [-0.25, -0.2) is 4.79 Å². The summed E-state index contributed by atoms with van der Waals surface area (Å²) in [5.74, 6) is -3.30. The fourth-order valence-corrected chi connectivity index (χ4v) is 8.92. The van der Waals surface area contributed by atoms with Gasteiger partial charge in [-0.3, -0.25) is 14.4 Å². The Balaban J connectivity index is 2.73. The number of carbonyl (C=O) groups excluding carboxylic acids is 3. The first-order valence-electron chi connectivity index (χ1n) is 31.2. The van der Waals surface area contributed by atoms with Crippen molar-refractivity contribution in [2.24, 2.45) is 0 Å². The molecule has 0 radical (unpaired) electrons.